The minimum atomic E-state index is -2.99. The number of nitrogens with zero attached hydrogens (tertiary/aromatic N) is 3. The first-order chi connectivity index (χ1) is 12.8. The van der Waals surface area contributed by atoms with Crippen molar-refractivity contribution in [2.75, 3.05) is 11.5 Å². The van der Waals surface area contributed by atoms with Gasteiger partial charge in [-0.2, -0.15) is 0 Å². The van der Waals surface area contributed by atoms with Crippen molar-refractivity contribution in [2.24, 2.45) is 5.41 Å². The lowest BCUT2D eigenvalue weighted by Gasteiger charge is -2.71. The van der Waals surface area contributed by atoms with Gasteiger partial charge in [-0.3, -0.25) is 0 Å². The fourth-order valence-electron chi connectivity index (χ4n) is 5.53. The van der Waals surface area contributed by atoms with Crippen molar-refractivity contribution in [3.63, 3.8) is 0 Å². The Bertz CT molecular complexity index is 1140. The molecule has 0 spiro atoms. The zero-order valence-corrected chi connectivity index (χ0v) is 16.4. The highest BCUT2D eigenvalue weighted by Gasteiger charge is 2.70. The summed E-state index contributed by atoms with van der Waals surface area (Å²) in [5.41, 5.74) is 2.34. The van der Waals surface area contributed by atoms with Crippen LogP contribution >= 0.6 is 0 Å². The zero-order chi connectivity index (χ0) is 19.0. The van der Waals surface area contributed by atoms with Crippen LogP contribution in [0.3, 0.4) is 0 Å². The molecule has 3 saturated carbocycles. The van der Waals surface area contributed by atoms with Crippen LogP contribution in [0.5, 0.6) is 0 Å². The smallest absolute Gasteiger partial charge is 0.150 e. The SMILES string of the molecule is CCCS(=O)(=O)CC12CC(n3c([C@@H](C)O)nc4cnc5[nH]ccc5c43)(C1)C2. The Balaban J connectivity index is 1.57. The fraction of sp³-hybridized carbons (Fsp3) is 0.579. The first-order valence-electron chi connectivity index (χ1n) is 9.52. The van der Waals surface area contributed by atoms with Crippen LogP contribution in [-0.2, 0) is 15.4 Å². The highest BCUT2D eigenvalue weighted by atomic mass is 32.2. The molecule has 0 aliphatic heterocycles. The van der Waals surface area contributed by atoms with E-state index >= 15 is 0 Å². The number of aliphatic hydroxyl groups is 1. The lowest BCUT2D eigenvalue weighted by Crippen LogP contribution is -2.70. The molecule has 3 fully saturated rings. The molecule has 3 aromatic heterocycles. The molecule has 144 valence electrons. The zero-order valence-electron chi connectivity index (χ0n) is 15.6. The number of nitrogens with one attached hydrogen (secondary N) is 1. The number of aliphatic hydroxyl groups excluding tert-OH is 1. The van der Waals surface area contributed by atoms with E-state index in [-0.39, 0.29) is 22.5 Å². The van der Waals surface area contributed by atoms with Gasteiger partial charge in [0.15, 0.2) is 9.84 Å². The average Bonchev–Trinajstić information content (AvgIpc) is 3.13. The summed E-state index contributed by atoms with van der Waals surface area (Å²) >= 11 is 0. The lowest BCUT2D eigenvalue weighted by molar-refractivity contribution is -0.171. The minimum absolute atomic E-state index is 0.0924. The molecule has 3 heterocycles. The van der Waals surface area contributed by atoms with Crippen molar-refractivity contribution in [3.05, 3.63) is 24.3 Å². The molecule has 0 saturated heterocycles. The molecule has 6 rings (SSSR count). The van der Waals surface area contributed by atoms with Gasteiger partial charge in [0.1, 0.15) is 23.1 Å². The monoisotopic (exact) mass is 388 g/mol. The predicted molar refractivity (Wildman–Crippen MR) is 103 cm³/mol. The van der Waals surface area contributed by atoms with Crippen LogP contribution in [-0.4, -0.2) is 44.5 Å². The molecule has 0 amide bonds. The first kappa shape index (κ1) is 17.2. The molecule has 0 aromatic carbocycles. The summed E-state index contributed by atoms with van der Waals surface area (Å²) in [7, 11) is -2.99. The number of aromatic amines is 1. The molecule has 8 heteroatoms. The molecule has 3 aliphatic carbocycles. The van der Waals surface area contributed by atoms with Crippen LogP contribution in [0.4, 0.5) is 0 Å². The molecular weight excluding hydrogens is 364 g/mol. The van der Waals surface area contributed by atoms with Crippen LogP contribution in [0.25, 0.3) is 22.1 Å². The molecular formula is C19H24N4O3S. The second kappa shape index (κ2) is 5.32. The number of fused-ring (bicyclic) bond motifs is 3. The van der Waals surface area contributed by atoms with Crippen molar-refractivity contribution in [1.82, 2.24) is 19.5 Å². The Labute approximate surface area is 157 Å². The van der Waals surface area contributed by atoms with Gasteiger partial charge in [0.05, 0.1) is 17.5 Å². The van der Waals surface area contributed by atoms with Gasteiger partial charge in [-0.25, -0.2) is 18.4 Å². The third kappa shape index (κ3) is 2.32. The second-order valence-corrected chi connectivity index (χ2v) is 10.7. The number of aromatic nitrogens is 4. The molecule has 3 aromatic rings. The third-order valence-electron chi connectivity index (χ3n) is 6.23. The molecule has 7 nitrogen and oxygen atoms in total. The lowest BCUT2D eigenvalue weighted by atomic mass is 9.40. The van der Waals surface area contributed by atoms with Gasteiger partial charge < -0.3 is 14.7 Å². The number of H-pyrrole nitrogens is 1. The van der Waals surface area contributed by atoms with Crippen LogP contribution in [0, 0.1) is 5.41 Å². The predicted octanol–water partition coefficient (Wildman–Crippen LogP) is 2.67. The molecule has 27 heavy (non-hydrogen) atoms. The van der Waals surface area contributed by atoms with Crippen LogP contribution in [0.15, 0.2) is 18.5 Å². The van der Waals surface area contributed by atoms with E-state index in [0.29, 0.717) is 12.2 Å². The Kier molecular flexibility index (Phi) is 3.39. The van der Waals surface area contributed by atoms with Crippen molar-refractivity contribution < 1.29 is 13.5 Å². The molecule has 0 unspecified atom stereocenters. The van der Waals surface area contributed by atoms with Gasteiger partial charge in [-0.05, 0) is 44.1 Å². The topological polar surface area (TPSA) is 101 Å². The molecule has 0 radical (unpaired) electrons. The summed E-state index contributed by atoms with van der Waals surface area (Å²) in [6.45, 7) is 3.64. The summed E-state index contributed by atoms with van der Waals surface area (Å²) < 4.78 is 26.8. The number of sulfone groups is 1. The average molecular weight is 388 g/mol. The molecule has 1 atom stereocenters. The number of rotatable bonds is 6. The maximum absolute atomic E-state index is 12.3. The van der Waals surface area contributed by atoms with Crippen LogP contribution in [0.1, 0.15) is 51.5 Å². The normalized spacial score (nSPS) is 28.3. The van der Waals surface area contributed by atoms with Crippen molar-refractivity contribution in [1.29, 1.82) is 0 Å². The first-order valence-corrected chi connectivity index (χ1v) is 11.3. The summed E-state index contributed by atoms with van der Waals surface area (Å²) in [5, 5.41) is 11.3. The van der Waals surface area contributed by atoms with Crippen molar-refractivity contribution in [2.45, 2.75) is 51.2 Å². The van der Waals surface area contributed by atoms with Crippen LogP contribution in [0.2, 0.25) is 0 Å². The molecule has 3 aliphatic rings. The largest absolute Gasteiger partial charge is 0.385 e. The summed E-state index contributed by atoms with van der Waals surface area (Å²) in [6.07, 6.45) is 6.08. The summed E-state index contributed by atoms with van der Waals surface area (Å²) in [6, 6.07) is 1.99. The van der Waals surface area contributed by atoms with E-state index in [4.69, 9.17) is 0 Å². The van der Waals surface area contributed by atoms with Gasteiger partial charge in [-0.1, -0.05) is 6.92 Å². The summed E-state index contributed by atoms with van der Waals surface area (Å²) in [5.74, 6) is 1.20. The second-order valence-electron chi connectivity index (χ2n) is 8.56. The number of hydrogen-bond donors (Lipinski definition) is 2. The summed E-state index contributed by atoms with van der Waals surface area (Å²) in [4.78, 5) is 12.2. The molecule has 2 bridgehead atoms. The number of hydrogen-bond acceptors (Lipinski definition) is 5. The number of imidazole rings is 1. The van der Waals surface area contributed by atoms with Crippen molar-refractivity contribution >= 4 is 31.9 Å². The van der Waals surface area contributed by atoms with Gasteiger partial charge in [-0.15, -0.1) is 0 Å². The molecule has 2 N–H and O–H groups in total. The van der Waals surface area contributed by atoms with E-state index in [1.807, 2.05) is 19.2 Å². The quantitative estimate of drug-likeness (QED) is 0.676. The van der Waals surface area contributed by atoms with Gasteiger partial charge in [0.25, 0.3) is 0 Å². The van der Waals surface area contributed by atoms with E-state index in [1.165, 1.54) is 0 Å². The van der Waals surface area contributed by atoms with Gasteiger partial charge in [0.2, 0.25) is 0 Å². The Morgan fingerprint density at radius 1 is 1.37 bits per heavy atom. The Morgan fingerprint density at radius 2 is 2.11 bits per heavy atom. The maximum atomic E-state index is 12.3. The highest BCUT2D eigenvalue weighted by Crippen LogP contribution is 2.72. The number of pyridine rings is 1. The standard InChI is InChI=1S/C19H24N4O3S/c1-3-6-27(25,26)11-18-8-19(9-18,10-18)23-15-13-4-5-20-16(13)21-7-14(15)22-17(23)12(2)24/h4-5,7,12,24H,3,6,8-11H2,1-2H3,(H,20,21)/t12-,18?,19?/m1/s1. The van der Waals surface area contributed by atoms with E-state index in [0.717, 1.165) is 41.3 Å². The van der Waals surface area contributed by atoms with Gasteiger partial charge >= 0.3 is 0 Å². The van der Waals surface area contributed by atoms with Crippen molar-refractivity contribution in [3.8, 4) is 0 Å². The van der Waals surface area contributed by atoms with E-state index in [2.05, 4.69) is 19.5 Å². The van der Waals surface area contributed by atoms with Crippen LogP contribution < -0.4 is 0 Å². The Hall–Kier alpha value is -1.93. The maximum Gasteiger partial charge on any atom is 0.150 e. The van der Waals surface area contributed by atoms with E-state index < -0.39 is 15.9 Å². The Morgan fingerprint density at radius 3 is 2.78 bits per heavy atom. The van der Waals surface area contributed by atoms with E-state index in [1.54, 1.807) is 13.1 Å². The third-order valence-corrected chi connectivity index (χ3v) is 8.31. The van der Waals surface area contributed by atoms with E-state index in [9.17, 15) is 13.5 Å². The fourth-order valence-corrected chi connectivity index (χ4v) is 7.53. The minimum Gasteiger partial charge on any atom is -0.385 e. The van der Waals surface area contributed by atoms with Gasteiger partial charge in [0, 0.05) is 22.9 Å². The highest BCUT2D eigenvalue weighted by molar-refractivity contribution is 7.91.